The second kappa shape index (κ2) is 7.81. The van der Waals surface area contributed by atoms with Crippen molar-refractivity contribution in [2.45, 2.75) is 0 Å². The van der Waals surface area contributed by atoms with Gasteiger partial charge < -0.3 is 9.80 Å². The monoisotopic (exact) mass is 395 g/mol. The molecule has 2 aliphatic rings. The Morgan fingerprint density at radius 1 is 1.07 bits per heavy atom. The van der Waals surface area contributed by atoms with Crippen molar-refractivity contribution in [2.75, 3.05) is 31.1 Å². The number of benzene rings is 1. The number of piperazine rings is 1. The number of nitrogens with zero attached hydrogens (tertiary/aromatic N) is 4. The molecule has 9 heteroatoms. The number of imide groups is 1. The minimum atomic E-state index is -0.433. The van der Waals surface area contributed by atoms with E-state index in [1.807, 2.05) is 35.2 Å². The van der Waals surface area contributed by atoms with Gasteiger partial charge in [-0.1, -0.05) is 18.2 Å². The topological polar surface area (TPSA) is 95.5 Å². The zero-order valence-electron chi connectivity index (χ0n) is 14.9. The van der Waals surface area contributed by atoms with E-state index >= 15 is 0 Å². The van der Waals surface area contributed by atoms with Crippen LogP contribution in [0.25, 0.3) is 6.08 Å². The van der Waals surface area contributed by atoms with Crippen molar-refractivity contribution in [1.82, 2.24) is 20.2 Å². The minimum Gasteiger partial charge on any atom is -0.353 e. The van der Waals surface area contributed by atoms with Crippen molar-refractivity contribution in [3.8, 4) is 0 Å². The maximum Gasteiger partial charge on any atom is 0.290 e. The van der Waals surface area contributed by atoms with E-state index < -0.39 is 11.1 Å². The van der Waals surface area contributed by atoms with E-state index in [1.54, 1.807) is 12.3 Å². The molecular formula is C19H17N5O3S. The lowest BCUT2D eigenvalue weighted by molar-refractivity contribution is -0.115. The van der Waals surface area contributed by atoms with Crippen molar-refractivity contribution in [2.24, 2.45) is 0 Å². The molecule has 1 aromatic carbocycles. The van der Waals surface area contributed by atoms with E-state index in [4.69, 9.17) is 0 Å². The van der Waals surface area contributed by atoms with Gasteiger partial charge in [0, 0.05) is 44.0 Å². The van der Waals surface area contributed by atoms with Crippen LogP contribution >= 0.6 is 11.8 Å². The lowest BCUT2D eigenvalue weighted by Crippen LogP contribution is -2.49. The average Bonchev–Trinajstić information content (AvgIpc) is 3.05. The Hall–Kier alpha value is -3.20. The van der Waals surface area contributed by atoms with E-state index in [2.05, 4.69) is 20.2 Å². The summed E-state index contributed by atoms with van der Waals surface area (Å²) in [6, 6.07) is 11.0. The first kappa shape index (κ1) is 18.2. The predicted molar refractivity (Wildman–Crippen MR) is 106 cm³/mol. The smallest absolute Gasteiger partial charge is 0.290 e. The summed E-state index contributed by atoms with van der Waals surface area (Å²) < 4.78 is 0. The van der Waals surface area contributed by atoms with Crippen LogP contribution < -0.4 is 10.2 Å². The van der Waals surface area contributed by atoms with Crippen LogP contribution in [0, 0.1) is 0 Å². The van der Waals surface area contributed by atoms with Crippen LogP contribution in [-0.2, 0) is 4.79 Å². The molecule has 2 fully saturated rings. The summed E-state index contributed by atoms with van der Waals surface area (Å²) in [5.41, 5.74) is 0.689. The molecule has 0 radical (unpaired) electrons. The van der Waals surface area contributed by atoms with Crippen LogP contribution in [0.4, 0.5) is 10.6 Å². The molecule has 1 N–H and O–H groups in total. The standard InChI is InChI=1S/C19H17N5O3S/c25-17-14(28-19(27)22-17)12-15-20-7-6-16(21-15)23-8-10-24(11-9-23)18(26)13-4-2-1-3-5-13/h1-7,12H,8-11H2,(H,22,25,27)/b14-12+. The molecule has 2 aliphatic heterocycles. The summed E-state index contributed by atoms with van der Waals surface area (Å²) in [6.45, 7) is 2.50. The second-order valence-electron chi connectivity index (χ2n) is 6.27. The summed E-state index contributed by atoms with van der Waals surface area (Å²) in [5, 5.41) is 1.81. The first-order valence-corrected chi connectivity index (χ1v) is 9.59. The van der Waals surface area contributed by atoms with Crippen LogP contribution in [0.2, 0.25) is 0 Å². The highest BCUT2D eigenvalue weighted by Crippen LogP contribution is 2.25. The molecule has 4 rings (SSSR count). The fourth-order valence-corrected chi connectivity index (χ4v) is 3.70. The number of anilines is 1. The Balaban J connectivity index is 1.43. The molecule has 0 saturated carbocycles. The Bertz CT molecular complexity index is 955. The molecule has 3 heterocycles. The summed E-state index contributed by atoms with van der Waals surface area (Å²) >= 11 is 0.835. The molecular weight excluding hydrogens is 378 g/mol. The molecule has 28 heavy (non-hydrogen) atoms. The second-order valence-corrected chi connectivity index (χ2v) is 7.29. The molecule has 3 amide bonds. The summed E-state index contributed by atoms with van der Waals surface area (Å²) in [7, 11) is 0. The summed E-state index contributed by atoms with van der Waals surface area (Å²) in [5.74, 6) is 0.690. The number of thioether (sulfide) groups is 1. The number of hydrogen-bond donors (Lipinski definition) is 1. The molecule has 0 bridgehead atoms. The third-order valence-corrected chi connectivity index (χ3v) is 5.28. The van der Waals surface area contributed by atoms with Gasteiger partial charge in [-0.2, -0.15) is 0 Å². The molecule has 0 atom stereocenters. The quantitative estimate of drug-likeness (QED) is 0.791. The molecule has 142 valence electrons. The third-order valence-electron chi connectivity index (χ3n) is 4.47. The van der Waals surface area contributed by atoms with E-state index in [-0.39, 0.29) is 10.8 Å². The van der Waals surface area contributed by atoms with Crippen molar-refractivity contribution in [3.05, 3.63) is 58.9 Å². The zero-order valence-corrected chi connectivity index (χ0v) is 15.7. The van der Waals surface area contributed by atoms with Crippen molar-refractivity contribution in [3.63, 3.8) is 0 Å². The Morgan fingerprint density at radius 3 is 2.50 bits per heavy atom. The van der Waals surface area contributed by atoms with E-state index in [1.165, 1.54) is 6.08 Å². The fraction of sp³-hybridized carbons (Fsp3) is 0.211. The van der Waals surface area contributed by atoms with Gasteiger partial charge >= 0.3 is 0 Å². The maximum absolute atomic E-state index is 12.6. The van der Waals surface area contributed by atoms with Gasteiger partial charge in [0.2, 0.25) is 0 Å². The van der Waals surface area contributed by atoms with Gasteiger partial charge in [-0.25, -0.2) is 9.97 Å². The van der Waals surface area contributed by atoms with Crippen LogP contribution in [0.15, 0.2) is 47.5 Å². The molecule has 8 nitrogen and oxygen atoms in total. The fourth-order valence-electron chi connectivity index (χ4n) is 3.05. The minimum absolute atomic E-state index is 0.0299. The van der Waals surface area contributed by atoms with Gasteiger partial charge in [0.1, 0.15) is 5.82 Å². The first-order valence-electron chi connectivity index (χ1n) is 8.77. The molecule has 0 aliphatic carbocycles. The number of aromatic nitrogens is 2. The van der Waals surface area contributed by atoms with Crippen molar-refractivity contribution in [1.29, 1.82) is 0 Å². The Kier molecular flexibility index (Phi) is 5.07. The summed E-state index contributed by atoms with van der Waals surface area (Å²) in [6.07, 6.45) is 3.12. The molecule has 1 aromatic heterocycles. The predicted octanol–water partition coefficient (Wildman–Crippen LogP) is 1.76. The first-order chi connectivity index (χ1) is 13.6. The number of carbonyl (C=O) groups is 3. The number of hydrogen-bond acceptors (Lipinski definition) is 7. The third kappa shape index (κ3) is 3.89. The van der Waals surface area contributed by atoms with E-state index in [0.717, 1.165) is 17.6 Å². The van der Waals surface area contributed by atoms with Crippen LogP contribution in [0.5, 0.6) is 0 Å². The van der Waals surface area contributed by atoms with Gasteiger partial charge in [-0.3, -0.25) is 19.7 Å². The Labute approximate surface area is 165 Å². The highest BCUT2D eigenvalue weighted by molar-refractivity contribution is 8.18. The van der Waals surface area contributed by atoms with Gasteiger partial charge in [0.15, 0.2) is 5.82 Å². The average molecular weight is 395 g/mol. The highest BCUT2D eigenvalue weighted by atomic mass is 32.2. The summed E-state index contributed by atoms with van der Waals surface area (Å²) in [4.78, 5) is 48.3. The van der Waals surface area contributed by atoms with Crippen molar-refractivity contribution < 1.29 is 14.4 Å². The van der Waals surface area contributed by atoms with Gasteiger partial charge in [0.05, 0.1) is 4.91 Å². The van der Waals surface area contributed by atoms with Crippen LogP contribution in [0.3, 0.4) is 0 Å². The lowest BCUT2D eigenvalue weighted by Gasteiger charge is -2.35. The van der Waals surface area contributed by atoms with E-state index in [9.17, 15) is 14.4 Å². The van der Waals surface area contributed by atoms with Crippen LogP contribution in [-0.4, -0.2) is 58.1 Å². The van der Waals surface area contributed by atoms with E-state index in [0.29, 0.717) is 37.6 Å². The highest BCUT2D eigenvalue weighted by Gasteiger charge is 2.26. The van der Waals surface area contributed by atoms with Gasteiger partial charge in [0.25, 0.3) is 17.1 Å². The zero-order chi connectivity index (χ0) is 19.5. The molecule has 2 aromatic rings. The number of rotatable bonds is 3. The van der Waals surface area contributed by atoms with Crippen LogP contribution in [0.1, 0.15) is 16.2 Å². The normalized spacial score (nSPS) is 18.5. The Morgan fingerprint density at radius 2 is 1.82 bits per heavy atom. The lowest BCUT2D eigenvalue weighted by atomic mass is 10.2. The SMILES string of the molecule is O=C1NC(=O)/C(=C\c2nccc(N3CCN(C(=O)c4ccccc4)CC3)n2)S1. The number of carbonyl (C=O) groups excluding carboxylic acids is 3. The van der Waals surface area contributed by atoms with Crippen molar-refractivity contribution >= 4 is 40.7 Å². The van der Waals surface area contributed by atoms with Gasteiger partial charge in [-0.05, 0) is 30.0 Å². The largest absolute Gasteiger partial charge is 0.353 e. The van der Waals surface area contributed by atoms with Gasteiger partial charge in [-0.15, -0.1) is 0 Å². The number of nitrogens with one attached hydrogen (secondary N) is 1. The molecule has 0 unspecified atom stereocenters. The number of amides is 3. The molecule has 2 saturated heterocycles. The molecule has 0 spiro atoms. The maximum atomic E-state index is 12.6.